The van der Waals surface area contributed by atoms with Gasteiger partial charge in [-0.2, -0.15) is 0 Å². The average Bonchev–Trinajstić information content (AvgIpc) is 2.46. The van der Waals surface area contributed by atoms with Gasteiger partial charge in [0, 0.05) is 24.2 Å². The van der Waals surface area contributed by atoms with Crippen LogP contribution in [-0.4, -0.2) is 10.8 Å². The zero-order valence-electron chi connectivity index (χ0n) is 10.9. The molecule has 2 aromatic rings. The molecule has 21 heavy (non-hydrogen) atoms. The van der Waals surface area contributed by atoms with E-state index >= 15 is 0 Å². The van der Waals surface area contributed by atoms with Crippen LogP contribution in [0.5, 0.6) is 0 Å². The molecule has 0 saturated heterocycles. The topological polar surface area (TPSA) is 98.3 Å². The molecule has 1 amide bonds. The molecule has 0 spiro atoms. The minimum absolute atomic E-state index is 0.0197. The molecule has 0 bridgehead atoms. The van der Waals surface area contributed by atoms with Crippen molar-refractivity contribution in [1.29, 1.82) is 0 Å². The lowest BCUT2D eigenvalue weighted by molar-refractivity contribution is -0.384. The number of halogens is 1. The summed E-state index contributed by atoms with van der Waals surface area (Å²) in [6.45, 7) is 0.337. The molecule has 3 N–H and O–H groups in total. The Bertz CT molecular complexity index is 704. The zero-order valence-corrected chi connectivity index (χ0v) is 11.6. The van der Waals surface area contributed by atoms with Gasteiger partial charge in [0.25, 0.3) is 5.69 Å². The lowest BCUT2D eigenvalue weighted by atomic mass is 10.1. The first-order valence-corrected chi connectivity index (χ1v) is 6.42. The van der Waals surface area contributed by atoms with Gasteiger partial charge in [-0.15, -0.1) is 0 Å². The first-order chi connectivity index (χ1) is 9.97. The molecular weight excluding hydrogens is 294 g/mol. The molecule has 0 aliphatic rings. The number of carbonyl (C=O) groups is 1. The number of nitro groups is 1. The number of rotatable bonds is 5. The normalized spacial score (nSPS) is 10.1. The fourth-order valence-electron chi connectivity index (χ4n) is 1.79. The zero-order chi connectivity index (χ0) is 15.4. The summed E-state index contributed by atoms with van der Waals surface area (Å²) in [5.74, 6) is -0.551. The molecule has 0 heterocycles. The van der Waals surface area contributed by atoms with Crippen LogP contribution in [0.2, 0.25) is 5.02 Å². The van der Waals surface area contributed by atoms with Gasteiger partial charge in [0.2, 0.25) is 5.91 Å². The number of nitrogens with one attached hydrogen (secondary N) is 1. The van der Waals surface area contributed by atoms with Crippen molar-refractivity contribution in [2.75, 3.05) is 5.32 Å². The predicted molar refractivity (Wildman–Crippen MR) is 80.4 cm³/mol. The molecule has 0 aliphatic heterocycles. The molecule has 6 nitrogen and oxygen atoms in total. The minimum atomic E-state index is -0.551. The van der Waals surface area contributed by atoms with Gasteiger partial charge < -0.3 is 11.1 Å². The second-order valence-corrected chi connectivity index (χ2v) is 4.75. The number of amides is 1. The third kappa shape index (κ3) is 3.70. The van der Waals surface area contributed by atoms with Crippen LogP contribution in [0.3, 0.4) is 0 Å². The summed E-state index contributed by atoms with van der Waals surface area (Å²) >= 11 is 6.03. The van der Waals surface area contributed by atoms with Crippen LogP contribution in [0, 0.1) is 10.1 Å². The number of primary amides is 1. The molecule has 2 aromatic carbocycles. The average molecular weight is 306 g/mol. The van der Waals surface area contributed by atoms with Crippen LogP contribution in [0.25, 0.3) is 0 Å². The number of nitro benzene ring substituents is 1. The Hall–Kier alpha value is -2.60. The molecule has 7 heteroatoms. The number of benzene rings is 2. The first kappa shape index (κ1) is 14.8. The summed E-state index contributed by atoms with van der Waals surface area (Å²) in [6, 6.07) is 10.9. The van der Waals surface area contributed by atoms with Crippen LogP contribution in [-0.2, 0) is 6.54 Å². The van der Waals surface area contributed by atoms with Crippen LogP contribution >= 0.6 is 11.6 Å². The third-order valence-corrected chi connectivity index (χ3v) is 3.18. The van der Waals surface area contributed by atoms with Crippen LogP contribution in [0.4, 0.5) is 11.4 Å². The van der Waals surface area contributed by atoms with Crippen molar-refractivity contribution >= 4 is 28.9 Å². The highest BCUT2D eigenvalue weighted by atomic mass is 35.5. The number of nitrogens with two attached hydrogens (primary N) is 1. The molecule has 0 atom stereocenters. The van der Waals surface area contributed by atoms with E-state index in [0.29, 0.717) is 22.8 Å². The Morgan fingerprint density at radius 2 is 2.05 bits per heavy atom. The highest BCUT2D eigenvalue weighted by Gasteiger charge is 2.08. The van der Waals surface area contributed by atoms with E-state index in [4.69, 9.17) is 17.3 Å². The van der Waals surface area contributed by atoms with Gasteiger partial charge in [-0.05, 0) is 23.8 Å². The molecular formula is C14H12ClN3O3. The van der Waals surface area contributed by atoms with Crippen molar-refractivity contribution in [1.82, 2.24) is 0 Å². The molecule has 2 rings (SSSR count). The molecule has 0 aromatic heterocycles. The molecule has 0 unspecified atom stereocenters. The van der Waals surface area contributed by atoms with Crippen LogP contribution in [0.1, 0.15) is 15.9 Å². The first-order valence-electron chi connectivity index (χ1n) is 6.04. The molecule has 0 fully saturated rings. The number of hydrogen-bond donors (Lipinski definition) is 2. The summed E-state index contributed by atoms with van der Waals surface area (Å²) in [7, 11) is 0. The van der Waals surface area contributed by atoms with Gasteiger partial charge in [0.05, 0.1) is 15.6 Å². The lowest BCUT2D eigenvalue weighted by Gasteiger charge is -2.09. The fourth-order valence-corrected chi connectivity index (χ4v) is 1.98. The SMILES string of the molecule is NC(=O)c1ccc(Cl)c(NCc2cccc([N+](=O)[O-])c2)c1. The standard InChI is InChI=1S/C14H12ClN3O3/c15-12-5-4-10(14(16)19)7-13(12)17-8-9-2-1-3-11(6-9)18(20)21/h1-7,17H,8H2,(H2,16,19). The van der Waals surface area contributed by atoms with Gasteiger partial charge >= 0.3 is 0 Å². The van der Waals surface area contributed by atoms with Crippen LogP contribution in [0.15, 0.2) is 42.5 Å². The van der Waals surface area contributed by atoms with E-state index in [-0.39, 0.29) is 5.69 Å². The summed E-state index contributed by atoms with van der Waals surface area (Å²) in [6.07, 6.45) is 0. The van der Waals surface area contributed by atoms with E-state index in [1.807, 2.05) is 0 Å². The summed E-state index contributed by atoms with van der Waals surface area (Å²) < 4.78 is 0. The van der Waals surface area contributed by atoms with Crippen molar-refractivity contribution in [2.24, 2.45) is 5.73 Å². The number of carbonyl (C=O) groups excluding carboxylic acids is 1. The predicted octanol–water partition coefficient (Wildman–Crippen LogP) is 2.96. The Kier molecular flexibility index (Phi) is 4.39. The maximum Gasteiger partial charge on any atom is 0.269 e. The van der Waals surface area contributed by atoms with E-state index in [1.54, 1.807) is 24.3 Å². The minimum Gasteiger partial charge on any atom is -0.380 e. The lowest BCUT2D eigenvalue weighted by Crippen LogP contribution is -2.11. The quantitative estimate of drug-likeness (QED) is 0.655. The maximum atomic E-state index is 11.1. The highest BCUT2D eigenvalue weighted by Crippen LogP contribution is 2.24. The fraction of sp³-hybridized carbons (Fsp3) is 0.0714. The van der Waals surface area contributed by atoms with Gasteiger partial charge in [0.15, 0.2) is 0 Å². The Morgan fingerprint density at radius 1 is 1.29 bits per heavy atom. The van der Waals surface area contributed by atoms with Gasteiger partial charge in [-0.25, -0.2) is 0 Å². The van der Waals surface area contributed by atoms with Crippen molar-refractivity contribution in [3.05, 3.63) is 68.7 Å². The number of nitrogens with zero attached hydrogens (tertiary/aromatic N) is 1. The Labute approximate surface area is 125 Å². The van der Waals surface area contributed by atoms with Gasteiger partial charge in [-0.1, -0.05) is 23.7 Å². The second kappa shape index (κ2) is 6.23. The van der Waals surface area contributed by atoms with Crippen LogP contribution < -0.4 is 11.1 Å². The number of hydrogen-bond acceptors (Lipinski definition) is 4. The Morgan fingerprint density at radius 3 is 2.71 bits per heavy atom. The van der Waals surface area contributed by atoms with Crippen molar-refractivity contribution < 1.29 is 9.72 Å². The molecule has 0 aliphatic carbocycles. The monoisotopic (exact) mass is 305 g/mol. The molecule has 0 radical (unpaired) electrons. The van der Waals surface area contributed by atoms with E-state index in [9.17, 15) is 14.9 Å². The van der Waals surface area contributed by atoms with Gasteiger partial charge in [-0.3, -0.25) is 14.9 Å². The van der Waals surface area contributed by atoms with E-state index in [0.717, 1.165) is 5.56 Å². The summed E-state index contributed by atoms with van der Waals surface area (Å²) in [5.41, 5.74) is 6.83. The summed E-state index contributed by atoms with van der Waals surface area (Å²) in [5, 5.41) is 14.2. The smallest absolute Gasteiger partial charge is 0.269 e. The largest absolute Gasteiger partial charge is 0.380 e. The van der Waals surface area contributed by atoms with E-state index in [1.165, 1.54) is 18.2 Å². The van der Waals surface area contributed by atoms with E-state index in [2.05, 4.69) is 5.32 Å². The Balaban J connectivity index is 2.16. The number of anilines is 1. The van der Waals surface area contributed by atoms with Gasteiger partial charge in [0.1, 0.15) is 0 Å². The van der Waals surface area contributed by atoms with Crippen molar-refractivity contribution in [3.63, 3.8) is 0 Å². The van der Waals surface area contributed by atoms with Crippen molar-refractivity contribution in [2.45, 2.75) is 6.54 Å². The third-order valence-electron chi connectivity index (χ3n) is 2.86. The molecule has 108 valence electrons. The number of non-ortho nitro benzene ring substituents is 1. The molecule has 0 saturated carbocycles. The summed E-state index contributed by atoms with van der Waals surface area (Å²) in [4.78, 5) is 21.4. The van der Waals surface area contributed by atoms with Crippen molar-refractivity contribution in [3.8, 4) is 0 Å². The highest BCUT2D eigenvalue weighted by molar-refractivity contribution is 6.33. The van der Waals surface area contributed by atoms with E-state index < -0.39 is 10.8 Å². The second-order valence-electron chi connectivity index (χ2n) is 4.34. The maximum absolute atomic E-state index is 11.1.